The van der Waals surface area contributed by atoms with Crippen LogP contribution < -0.4 is 11.5 Å². The van der Waals surface area contributed by atoms with Crippen LogP contribution in [0.5, 0.6) is 0 Å². The Bertz CT molecular complexity index is 136. The first-order chi connectivity index (χ1) is 5.81. The molecule has 0 aromatic rings. The molecule has 2 fully saturated rings. The lowest BCUT2D eigenvalue weighted by Crippen LogP contribution is -2.45. The van der Waals surface area contributed by atoms with Gasteiger partial charge in [0.1, 0.15) is 0 Å². The van der Waals surface area contributed by atoms with Gasteiger partial charge < -0.3 is 11.5 Å². The maximum absolute atomic E-state index is 6.26. The zero-order chi connectivity index (χ0) is 9.03. The van der Waals surface area contributed by atoms with E-state index in [4.69, 9.17) is 5.73 Å². The Kier molecular flexibility index (Phi) is 3.53. The fourth-order valence-electron chi connectivity index (χ4n) is 2.77. The van der Waals surface area contributed by atoms with Gasteiger partial charge in [0.05, 0.1) is 0 Å². The van der Waals surface area contributed by atoms with Gasteiger partial charge in [-0.3, -0.25) is 0 Å². The SMILES string of the molecule is CN.NC12CCCCC1CCC2. The molecule has 0 amide bonds. The Labute approximate surface area is 75.7 Å². The van der Waals surface area contributed by atoms with E-state index in [0.717, 1.165) is 5.92 Å². The van der Waals surface area contributed by atoms with Crippen molar-refractivity contribution in [3.05, 3.63) is 0 Å². The molecule has 0 heterocycles. The lowest BCUT2D eigenvalue weighted by Gasteiger charge is -2.35. The molecule has 0 bridgehead atoms. The Balaban J connectivity index is 0.000000336. The summed E-state index contributed by atoms with van der Waals surface area (Å²) >= 11 is 0. The number of rotatable bonds is 0. The molecule has 2 aliphatic carbocycles. The van der Waals surface area contributed by atoms with Gasteiger partial charge in [0.25, 0.3) is 0 Å². The Hall–Kier alpha value is -0.0800. The zero-order valence-electron chi connectivity index (χ0n) is 8.18. The van der Waals surface area contributed by atoms with E-state index in [1.807, 2.05) is 0 Å². The van der Waals surface area contributed by atoms with Gasteiger partial charge >= 0.3 is 0 Å². The minimum absolute atomic E-state index is 0.290. The van der Waals surface area contributed by atoms with Crippen LogP contribution in [-0.4, -0.2) is 12.6 Å². The third-order valence-electron chi connectivity index (χ3n) is 3.45. The first-order valence-corrected chi connectivity index (χ1v) is 5.18. The molecule has 2 saturated carbocycles. The third-order valence-corrected chi connectivity index (χ3v) is 3.45. The molecule has 2 aliphatic rings. The van der Waals surface area contributed by atoms with Crippen molar-refractivity contribution in [3.8, 4) is 0 Å². The second kappa shape index (κ2) is 4.24. The van der Waals surface area contributed by atoms with Gasteiger partial charge in [-0.1, -0.05) is 19.3 Å². The molecule has 72 valence electrons. The second-order valence-electron chi connectivity index (χ2n) is 4.07. The minimum Gasteiger partial charge on any atom is -0.333 e. The third kappa shape index (κ3) is 1.80. The molecule has 4 N–H and O–H groups in total. The van der Waals surface area contributed by atoms with Gasteiger partial charge in [0, 0.05) is 5.54 Å². The fraction of sp³-hybridized carbons (Fsp3) is 1.00. The standard InChI is InChI=1S/C9H17N.CH5N/c10-9-6-2-1-4-8(9)5-3-7-9;1-2/h8H,1-7,10H2;2H2,1H3. The molecule has 2 atom stereocenters. The molecular formula is C10H22N2. The summed E-state index contributed by atoms with van der Waals surface area (Å²) in [5, 5.41) is 0. The van der Waals surface area contributed by atoms with Crippen LogP contribution in [0.15, 0.2) is 0 Å². The normalized spacial score (nSPS) is 39.8. The van der Waals surface area contributed by atoms with Crippen LogP contribution in [0.2, 0.25) is 0 Å². The van der Waals surface area contributed by atoms with Crippen LogP contribution in [0, 0.1) is 5.92 Å². The van der Waals surface area contributed by atoms with Crippen LogP contribution >= 0.6 is 0 Å². The maximum atomic E-state index is 6.26. The van der Waals surface area contributed by atoms with Crippen LogP contribution in [-0.2, 0) is 0 Å². The highest BCUT2D eigenvalue weighted by Gasteiger charge is 2.40. The fourth-order valence-corrected chi connectivity index (χ4v) is 2.77. The topological polar surface area (TPSA) is 52.0 Å². The first-order valence-electron chi connectivity index (χ1n) is 5.18. The van der Waals surface area contributed by atoms with Crippen molar-refractivity contribution in [2.75, 3.05) is 7.05 Å². The quantitative estimate of drug-likeness (QED) is 0.580. The lowest BCUT2D eigenvalue weighted by molar-refractivity contribution is 0.226. The Morgan fingerprint density at radius 2 is 1.58 bits per heavy atom. The van der Waals surface area contributed by atoms with Crippen molar-refractivity contribution in [2.45, 2.75) is 50.5 Å². The summed E-state index contributed by atoms with van der Waals surface area (Å²) in [6.45, 7) is 0. The van der Waals surface area contributed by atoms with Crippen molar-refractivity contribution in [1.82, 2.24) is 0 Å². The smallest absolute Gasteiger partial charge is 0.0182 e. The van der Waals surface area contributed by atoms with Crippen molar-refractivity contribution < 1.29 is 0 Å². The van der Waals surface area contributed by atoms with E-state index in [2.05, 4.69) is 5.73 Å². The monoisotopic (exact) mass is 170 g/mol. The minimum atomic E-state index is 0.290. The molecule has 0 radical (unpaired) electrons. The summed E-state index contributed by atoms with van der Waals surface area (Å²) in [4.78, 5) is 0. The van der Waals surface area contributed by atoms with Crippen molar-refractivity contribution in [2.24, 2.45) is 17.4 Å². The molecule has 0 spiro atoms. The van der Waals surface area contributed by atoms with Crippen molar-refractivity contribution >= 4 is 0 Å². The summed E-state index contributed by atoms with van der Waals surface area (Å²) in [5.41, 5.74) is 11.1. The molecule has 2 heteroatoms. The summed E-state index contributed by atoms with van der Waals surface area (Å²) in [6.07, 6.45) is 9.64. The summed E-state index contributed by atoms with van der Waals surface area (Å²) in [6, 6.07) is 0. The molecule has 2 unspecified atom stereocenters. The number of hydrogen-bond donors (Lipinski definition) is 2. The lowest BCUT2D eigenvalue weighted by atomic mass is 9.76. The predicted octanol–water partition coefficient (Wildman–Crippen LogP) is 1.63. The molecule has 0 saturated heterocycles. The van der Waals surface area contributed by atoms with Crippen molar-refractivity contribution in [3.63, 3.8) is 0 Å². The second-order valence-corrected chi connectivity index (χ2v) is 4.07. The number of nitrogens with two attached hydrogens (primary N) is 2. The van der Waals surface area contributed by atoms with E-state index in [1.54, 1.807) is 0 Å². The van der Waals surface area contributed by atoms with E-state index in [0.29, 0.717) is 0 Å². The van der Waals surface area contributed by atoms with Gasteiger partial charge in [-0.15, -0.1) is 0 Å². The first kappa shape index (κ1) is 10.0. The maximum Gasteiger partial charge on any atom is 0.0182 e. The van der Waals surface area contributed by atoms with Gasteiger partial charge in [-0.2, -0.15) is 0 Å². The van der Waals surface area contributed by atoms with Crippen LogP contribution in [0.3, 0.4) is 0 Å². The highest BCUT2D eigenvalue weighted by atomic mass is 14.8. The average Bonchev–Trinajstić information content (AvgIpc) is 2.49. The number of fused-ring (bicyclic) bond motifs is 1. The van der Waals surface area contributed by atoms with Crippen LogP contribution in [0.4, 0.5) is 0 Å². The summed E-state index contributed by atoms with van der Waals surface area (Å²) < 4.78 is 0. The number of hydrogen-bond acceptors (Lipinski definition) is 2. The molecular weight excluding hydrogens is 148 g/mol. The molecule has 2 nitrogen and oxygen atoms in total. The highest BCUT2D eigenvalue weighted by Crippen LogP contribution is 2.43. The molecule has 2 rings (SSSR count). The van der Waals surface area contributed by atoms with Crippen LogP contribution in [0.1, 0.15) is 44.9 Å². The van der Waals surface area contributed by atoms with E-state index in [9.17, 15) is 0 Å². The largest absolute Gasteiger partial charge is 0.333 e. The molecule has 12 heavy (non-hydrogen) atoms. The van der Waals surface area contributed by atoms with Gasteiger partial charge in [0.2, 0.25) is 0 Å². The van der Waals surface area contributed by atoms with E-state index < -0.39 is 0 Å². The van der Waals surface area contributed by atoms with Gasteiger partial charge in [-0.25, -0.2) is 0 Å². The predicted molar refractivity (Wildman–Crippen MR) is 52.8 cm³/mol. The molecule has 0 aliphatic heterocycles. The summed E-state index contributed by atoms with van der Waals surface area (Å²) in [5.74, 6) is 0.890. The Morgan fingerprint density at radius 1 is 1.00 bits per heavy atom. The van der Waals surface area contributed by atoms with Crippen molar-refractivity contribution in [1.29, 1.82) is 0 Å². The molecule has 0 aromatic heterocycles. The molecule has 0 aromatic carbocycles. The van der Waals surface area contributed by atoms with E-state index in [-0.39, 0.29) is 5.54 Å². The Morgan fingerprint density at radius 3 is 2.25 bits per heavy atom. The highest BCUT2D eigenvalue weighted by molar-refractivity contribution is 4.98. The van der Waals surface area contributed by atoms with E-state index >= 15 is 0 Å². The van der Waals surface area contributed by atoms with Gasteiger partial charge in [0.15, 0.2) is 0 Å². The van der Waals surface area contributed by atoms with Gasteiger partial charge in [-0.05, 0) is 38.6 Å². The zero-order valence-corrected chi connectivity index (χ0v) is 8.18. The summed E-state index contributed by atoms with van der Waals surface area (Å²) in [7, 11) is 1.50. The average molecular weight is 170 g/mol. The van der Waals surface area contributed by atoms with E-state index in [1.165, 1.54) is 52.0 Å². The van der Waals surface area contributed by atoms with Crippen LogP contribution in [0.25, 0.3) is 0 Å².